The highest BCUT2D eigenvalue weighted by atomic mass is 16.2. The molecule has 0 atom stereocenters. The minimum atomic E-state index is 0.293. The van der Waals surface area contributed by atoms with Gasteiger partial charge in [-0.2, -0.15) is 4.98 Å². The average molecular weight is 346 g/mol. The van der Waals surface area contributed by atoms with Gasteiger partial charge in [0.1, 0.15) is 5.82 Å². The zero-order valence-corrected chi connectivity index (χ0v) is 15.5. The van der Waals surface area contributed by atoms with Crippen LogP contribution >= 0.6 is 0 Å². The van der Waals surface area contributed by atoms with Crippen LogP contribution in [-0.2, 0) is 4.79 Å². The van der Waals surface area contributed by atoms with Crippen LogP contribution in [0.1, 0.15) is 25.7 Å². The molecule has 0 aliphatic carbocycles. The predicted molar refractivity (Wildman–Crippen MR) is 100 cm³/mol. The van der Waals surface area contributed by atoms with Gasteiger partial charge in [0.05, 0.1) is 6.54 Å². The van der Waals surface area contributed by atoms with Crippen molar-refractivity contribution in [2.75, 3.05) is 69.7 Å². The van der Waals surface area contributed by atoms with Crippen molar-refractivity contribution in [2.24, 2.45) is 0 Å². The molecule has 0 aromatic carbocycles. The summed E-state index contributed by atoms with van der Waals surface area (Å²) in [5.74, 6) is 2.00. The molecule has 1 aromatic rings. The Bertz CT molecular complexity index is 562. The van der Waals surface area contributed by atoms with Gasteiger partial charge in [0.15, 0.2) is 0 Å². The van der Waals surface area contributed by atoms with Gasteiger partial charge in [-0.25, -0.2) is 4.98 Å². The van der Waals surface area contributed by atoms with Crippen LogP contribution < -0.4 is 9.80 Å². The predicted octanol–water partition coefficient (Wildman–Crippen LogP) is 1.07. The number of piperazine rings is 1. The Balaban J connectivity index is 1.50. The van der Waals surface area contributed by atoms with Crippen LogP contribution in [0.3, 0.4) is 0 Å². The fraction of sp³-hybridized carbons (Fsp3) is 0.722. The number of carbonyl (C=O) groups excluding carboxylic acids is 1. The number of hydrogen-bond donors (Lipinski definition) is 0. The van der Waals surface area contributed by atoms with E-state index in [1.54, 1.807) is 0 Å². The molecule has 0 N–H and O–H groups in total. The first-order valence-corrected chi connectivity index (χ1v) is 9.39. The van der Waals surface area contributed by atoms with Crippen molar-refractivity contribution < 1.29 is 4.79 Å². The van der Waals surface area contributed by atoms with E-state index >= 15 is 0 Å². The summed E-state index contributed by atoms with van der Waals surface area (Å²) in [6.07, 6.45) is 6.63. The highest BCUT2D eigenvalue weighted by molar-refractivity contribution is 5.78. The lowest BCUT2D eigenvalue weighted by atomic mass is 10.2. The number of likely N-dealkylation sites (tertiary alicyclic amines) is 1. The molecule has 3 rings (SSSR count). The van der Waals surface area contributed by atoms with E-state index in [0.29, 0.717) is 12.5 Å². The van der Waals surface area contributed by atoms with Crippen LogP contribution in [-0.4, -0.2) is 85.6 Å². The van der Waals surface area contributed by atoms with Crippen molar-refractivity contribution in [3.8, 4) is 0 Å². The maximum atomic E-state index is 12.5. The SMILES string of the molecule is CN(C)c1ccnc(N2CCN(CC(=O)N3CCCCCC3)CC2)n1. The Labute approximate surface area is 150 Å². The maximum absolute atomic E-state index is 12.5. The molecular weight excluding hydrogens is 316 g/mol. The fourth-order valence-electron chi connectivity index (χ4n) is 3.46. The highest BCUT2D eigenvalue weighted by Crippen LogP contribution is 2.15. The Hall–Kier alpha value is -1.89. The number of nitrogens with zero attached hydrogens (tertiary/aromatic N) is 6. The van der Waals surface area contributed by atoms with Crippen molar-refractivity contribution in [1.82, 2.24) is 19.8 Å². The summed E-state index contributed by atoms with van der Waals surface area (Å²) in [5.41, 5.74) is 0. The van der Waals surface area contributed by atoms with Crippen LogP contribution in [0.5, 0.6) is 0 Å². The summed E-state index contributed by atoms with van der Waals surface area (Å²) in [6, 6.07) is 1.92. The molecular formula is C18H30N6O. The molecule has 1 aromatic heterocycles. The van der Waals surface area contributed by atoms with Gasteiger partial charge in [-0.1, -0.05) is 12.8 Å². The Morgan fingerprint density at radius 2 is 1.72 bits per heavy atom. The quantitative estimate of drug-likeness (QED) is 0.813. The van der Waals surface area contributed by atoms with Gasteiger partial charge in [0, 0.05) is 59.6 Å². The van der Waals surface area contributed by atoms with E-state index < -0.39 is 0 Å². The van der Waals surface area contributed by atoms with E-state index in [2.05, 4.69) is 24.7 Å². The van der Waals surface area contributed by atoms with Gasteiger partial charge in [-0.05, 0) is 18.9 Å². The second-order valence-electron chi connectivity index (χ2n) is 7.17. The molecule has 0 bridgehead atoms. The zero-order chi connectivity index (χ0) is 17.6. The summed E-state index contributed by atoms with van der Waals surface area (Å²) < 4.78 is 0. The molecule has 7 heteroatoms. The summed E-state index contributed by atoms with van der Waals surface area (Å²) in [5, 5.41) is 0. The molecule has 0 radical (unpaired) electrons. The second kappa shape index (κ2) is 8.47. The van der Waals surface area contributed by atoms with Crippen LogP contribution in [0.15, 0.2) is 12.3 Å². The molecule has 2 fully saturated rings. The molecule has 0 saturated carbocycles. The van der Waals surface area contributed by atoms with E-state index in [-0.39, 0.29) is 0 Å². The zero-order valence-electron chi connectivity index (χ0n) is 15.5. The molecule has 7 nitrogen and oxygen atoms in total. The van der Waals surface area contributed by atoms with E-state index in [0.717, 1.165) is 63.9 Å². The van der Waals surface area contributed by atoms with E-state index in [4.69, 9.17) is 0 Å². The third kappa shape index (κ3) is 4.81. The standard InChI is InChI=1S/C18H30N6O/c1-21(2)16-7-8-19-18(20-16)24-13-11-22(12-14-24)15-17(25)23-9-5-3-4-6-10-23/h7-8H,3-6,9-15H2,1-2H3. The first-order valence-electron chi connectivity index (χ1n) is 9.39. The van der Waals surface area contributed by atoms with Crippen molar-refractivity contribution in [3.05, 3.63) is 12.3 Å². The normalized spacial score (nSPS) is 19.6. The lowest BCUT2D eigenvalue weighted by Crippen LogP contribution is -2.50. The van der Waals surface area contributed by atoms with E-state index in [9.17, 15) is 4.79 Å². The monoisotopic (exact) mass is 346 g/mol. The van der Waals surface area contributed by atoms with Gasteiger partial charge in [0.2, 0.25) is 11.9 Å². The minimum absolute atomic E-state index is 0.293. The van der Waals surface area contributed by atoms with Crippen molar-refractivity contribution in [3.63, 3.8) is 0 Å². The smallest absolute Gasteiger partial charge is 0.236 e. The molecule has 2 aliphatic rings. The number of amides is 1. The van der Waals surface area contributed by atoms with Crippen LogP contribution in [0.4, 0.5) is 11.8 Å². The number of anilines is 2. The first-order chi connectivity index (χ1) is 12.1. The molecule has 25 heavy (non-hydrogen) atoms. The van der Waals surface area contributed by atoms with Gasteiger partial charge in [-0.15, -0.1) is 0 Å². The van der Waals surface area contributed by atoms with Gasteiger partial charge < -0.3 is 14.7 Å². The van der Waals surface area contributed by atoms with E-state index in [1.165, 1.54) is 12.8 Å². The lowest BCUT2D eigenvalue weighted by Gasteiger charge is -2.35. The van der Waals surface area contributed by atoms with Crippen molar-refractivity contribution in [2.45, 2.75) is 25.7 Å². The minimum Gasteiger partial charge on any atom is -0.363 e. The Morgan fingerprint density at radius 3 is 2.36 bits per heavy atom. The Morgan fingerprint density at radius 1 is 1.04 bits per heavy atom. The second-order valence-corrected chi connectivity index (χ2v) is 7.17. The van der Waals surface area contributed by atoms with Crippen LogP contribution in [0.25, 0.3) is 0 Å². The molecule has 1 amide bonds. The summed E-state index contributed by atoms with van der Waals surface area (Å²) in [7, 11) is 3.97. The molecule has 2 saturated heterocycles. The molecule has 0 spiro atoms. The van der Waals surface area contributed by atoms with Gasteiger partial charge >= 0.3 is 0 Å². The van der Waals surface area contributed by atoms with Crippen molar-refractivity contribution in [1.29, 1.82) is 0 Å². The van der Waals surface area contributed by atoms with Gasteiger partial charge in [-0.3, -0.25) is 9.69 Å². The van der Waals surface area contributed by atoms with Gasteiger partial charge in [0.25, 0.3) is 0 Å². The molecule has 0 unspecified atom stereocenters. The summed E-state index contributed by atoms with van der Waals surface area (Å²) >= 11 is 0. The molecule has 3 heterocycles. The van der Waals surface area contributed by atoms with Crippen molar-refractivity contribution >= 4 is 17.7 Å². The lowest BCUT2D eigenvalue weighted by molar-refractivity contribution is -0.132. The number of aromatic nitrogens is 2. The largest absolute Gasteiger partial charge is 0.363 e. The molecule has 138 valence electrons. The number of carbonyl (C=O) groups is 1. The topological polar surface area (TPSA) is 55.8 Å². The average Bonchev–Trinajstić information content (AvgIpc) is 2.92. The Kier molecular flexibility index (Phi) is 6.07. The number of rotatable bonds is 4. The van der Waals surface area contributed by atoms with Crippen LogP contribution in [0.2, 0.25) is 0 Å². The summed E-state index contributed by atoms with van der Waals surface area (Å²) in [6.45, 7) is 5.92. The summed E-state index contributed by atoms with van der Waals surface area (Å²) in [4.78, 5) is 30.1. The number of hydrogen-bond acceptors (Lipinski definition) is 6. The van der Waals surface area contributed by atoms with E-state index in [1.807, 2.05) is 31.3 Å². The molecule has 2 aliphatic heterocycles. The maximum Gasteiger partial charge on any atom is 0.236 e. The third-order valence-corrected chi connectivity index (χ3v) is 5.06. The van der Waals surface area contributed by atoms with Crippen LogP contribution in [0, 0.1) is 0 Å². The highest BCUT2D eigenvalue weighted by Gasteiger charge is 2.23. The first kappa shape index (κ1) is 17.9. The third-order valence-electron chi connectivity index (χ3n) is 5.06. The fourth-order valence-corrected chi connectivity index (χ4v) is 3.46.